The van der Waals surface area contributed by atoms with Crippen LogP contribution in [0.15, 0.2) is 0 Å². The van der Waals surface area contributed by atoms with E-state index in [4.69, 9.17) is 4.98 Å². The first-order valence-electron chi connectivity index (χ1n) is 16.2. The summed E-state index contributed by atoms with van der Waals surface area (Å²) in [5.74, 6) is 2.60. The van der Waals surface area contributed by atoms with Gasteiger partial charge < -0.3 is 5.11 Å². The zero-order valence-corrected chi connectivity index (χ0v) is 23.9. The third-order valence-corrected chi connectivity index (χ3v) is 11.4. The first kappa shape index (κ1) is 27.1. The highest BCUT2D eigenvalue weighted by atomic mass is 32.1. The van der Waals surface area contributed by atoms with Gasteiger partial charge in [0.25, 0.3) is 0 Å². The molecular weight excluding hydrogens is 460 g/mol. The highest BCUT2D eigenvalue weighted by Crippen LogP contribution is 2.50. The summed E-state index contributed by atoms with van der Waals surface area (Å²) in [7, 11) is 0. The van der Waals surface area contributed by atoms with E-state index in [0.29, 0.717) is 12.0 Å². The number of nitrogens with zero attached hydrogens (tertiary/aromatic N) is 2. The van der Waals surface area contributed by atoms with Crippen LogP contribution in [0.3, 0.4) is 0 Å². The van der Waals surface area contributed by atoms with E-state index in [1.54, 1.807) is 0 Å². The molecule has 5 rings (SSSR count). The van der Waals surface area contributed by atoms with Gasteiger partial charge >= 0.3 is 0 Å². The van der Waals surface area contributed by atoms with Gasteiger partial charge in [0.15, 0.2) is 0 Å². The fourth-order valence-electron chi connectivity index (χ4n) is 7.64. The van der Waals surface area contributed by atoms with Crippen LogP contribution in [-0.4, -0.2) is 27.6 Å². The Hall–Kier alpha value is -0.450. The molecular formula is C32H54N2OS. The lowest BCUT2D eigenvalue weighted by atomic mass is 9.93. The van der Waals surface area contributed by atoms with Crippen LogP contribution in [0.25, 0.3) is 0 Å². The van der Waals surface area contributed by atoms with Crippen molar-refractivity contribution >= 4 is 11.3 Å². The van der Waals surface area contributed by atoms with Gasteiger partial charge in [0.1, 0.15) is 6.23 Å². The van der Waals surface area contributed by atoms with Crippen molar-refractivity contribution in [3.05, 3.63) is 15.6 Å². The molecule has 2 heterocycles. The van der Waals surface area contributed by atoms with E-state index >= 15 is 0 Å². The molecule has 0 radical (unpaired) electrons. The minimum Gasteiger partial charge on any atom is -0.373 e. The van der Waals surface area contributed by atoms with Crippen molar-refractivity contribution in [2.45, 2.75) is 166 Å². The number of fused-ring (bicyclic) bond motifs is 2. The molecule has 3 fully saturated rings. The highest BCUT2D eigenvalue weighted by molar-refractivity contribution is 7.11. The Morgan fingerprint density at radius 1 is 0.639 bits per heavy atom. The first-order chi connectivity index (χ1) is 17.8. The van der Waals surface area contributed by atoms with Crippen molar-refractivity contribution in [2.75, 3.05) is 6.54 Å². The van der Waals surface area contributed by atoms with Gasteiger partial charge in [0.2, 0.25) is 0 Å². The molecule has 1 aliphatic heterocycles. The molecule has 4 aliphatic rings. The Morgan fingerprint density at radius 2 is 1.19 bits per heavy atom. The van der Waals surface area contributed by atoms with E-state index in [0.717, 1.165) is 24.8 Å². The molecule has 0 bridgehead atoms. The molecule has 1 aromatic rings. The number of rotatable bonds is 2. The molecule has 3 nitrogen and oxygen atoms in total. The van der Waals surface area contributed by atoms with Crippen LogP contribution in [-0.2, 0) is 6.42 Å². The molecule has 4 atom stereocenters. The minimum atomic E-state index is -0.416. The zero-order valence-electron chi connectivity index (χ0n) is 23.1. The lowest BCUT2D eigenvalue weighted by Gasteiger charge is -2.38. The van der Waals surface area contributed by atoms with Gasteiger partial charge in [-0.2, -0.15) is 0 Å². The molecule has 0 spiro atoms. The molecule has 0 amide bonds. The van der Waals surface area contributed by atoms with Gasteiger partial charge in [-0.15, -0.1) is 11.3 Å². The molecule has 0 saturated heterocycles. The van der Waals surface area contributed by atoms with Crippen molar-refractivity contribution in [3.63, 3.8) is 0 Å². The molecule has 204 valence electrons. The maximum atomic E-state index is 11.6. The normalized spacial score (nSPS) is 33.0. The molecule has 3 aliphatic carbocycles. The topological polar surface area (TPSA) is 36.4 Å². The molecule has 4 heteroatoms. The number of hydrogen-bond acceptors (Lipinski definition) is 4. The smallest absolute Gasteiger partial charge is 0.144 e. The summed E-state index contributed by atoms with van der Waals surface area (Å²) in [5, 5.41) is 13.0. The van der Waals surface area contributed by atoms with Crippen LogP contribution in [0, 0.1) is 11.8 Å². The fourth-order valence-corrected chi connectivity index (χ4v) is 8.91. The third kappa shape index (κ3) is 7.56. The van der Waals surface area contributed by atoms with Gasteiger partial charge in [0.05, 0.1) is 15.6 Å². The first-order valence-corrected chi connectivity index (χ1v) is 17.0. The predicted molar refractivity (Wildman–Crippen MR) is 153 cm³/mol. The third-order valence-electron chi connectivity index (χ3n) is 10.1. The predicted octanol–water partition coefficient (Wildman–Crippen LogP) is 9.30. The van der Waals surface area contributed by atoms with Gasteiger partial charge in [-0.1, -0.05) is 109 Å². The van der Waals surface area contributed by atoms with Crippen LogP contribution in [0.2, 0.25) is 0 Å². The largest absolute Gasteiger partial charge is 0.373 e. The van der Waals surface area contributed by atoms with E-state index < -0.39 is 6.23 Å². The quantitative estimate of drug-likeness (QED) is 0.427. The second kappa shape index (κ2) is 14.1. The average Bonchev–Trinajstić information content (AvgIpc) is 3.44. The SMILES string of the molecule is OC1c2sc(C3CCCCCCCCC4CC4C3)nc2CCN1C1CCCCCCCCCCCC1. The number of thiazole rings is 1. The lowest BCUT2D eigenvalue weighted by Crippen LogP contribution is -2.42. The molecule has 36 heavy (non-hydrogen) atoms. The second-order valence-electron chi connectivity index (χ2n) is 12.9. The Balaban J connectivity index is 1.24. The van der Waals surface area contributed by atoms with E-state index in [2.05, 4.69) is 4.90 Å². The zero-order chi connectivity index (χ0) is 24.6. The van der Waals surface area contributed by atoms with E-state index in [1.165, 1.54) is 157 Å². The van der Waals surface area contributed by atoms with Crippen molar-refractivity contribution in [1.82, 2.24) is 9.88 Å². The summed E-state index contributed by atoms with van der Waals surface area (Å²) in [4.78, 5) is 8.95. The van der Waals surface area contributed by atoms with Gasteiger partial charge in [-0.25, -0.2) is 4.98 Å². The van der Waals surface area contributed by atoms with Crippen molar-refractivity contribution in [1.29, 1.82) is 0 Å². The molecule has 1 N–H and O–H groups in total. The molecule has 1 aromatic heterocycles. The molecule has 0 aromatic carbocycles. The Bertz CT molecular complexity index is 764. The Labute approximate surface area is 225 Å². The Kier molecular flexibility index (Phi) is 10.6. The van der Waals surface area contributed by atoms with Crippen molar-refractivity contribution in [3.8, 4) is 0 Å². The summed E-state index contributed by atoms with van der Waals surface area (Å²) in [6.07, 6.45) is 31.3. The van der Waals surface area contributed by atoms with Crippen molar-refractivity contribution in [2.24, 2.45) is 11.8 Å². The summed E-state index contributed by atoms with van der Waals surface area (Å²) in [5.41, 5.74) is 1.24. The molecule has 4 unspecified atom stereocenters. The number of aromatic nitrogens is 1. The van der Waals surface area contributed by atoms with E-state index in [-0.39, 0.29) is 0 Å². The fraction of sp³-hybridized carbons (Fsp3) is 0.906. The van der Waals surface area contributed by atoms with Crippen LogP contribution < -0.4 is 0 Å². The highest BCUT2D eigenvalue weighted by Gasteiger charge is 2.39. The standard InChI is InChI=1S/C32H54N2OS/c35-32-30-29(21-22-34(32)28-19-15-11-5-3-1-2-4-6-12-16-20-28)33-31(36-30)26-18-14-10-8-7-9-13-17-25-23-27(25)24-26/h25-28,32,35H,1-24H2. The minimum absolute atomic E-state index is 0.416. The van der Waals surface area contributed by atoms with Crippen LogP contribution in [0.1, 0.15) is 169 Å². The number of aliphatic hydroxyl groups is 1. The maximum Gasteiger partial charge on any atom is 0.144 e. The van der Waals surface area contributed by atoms with Crippen LogP contribution in [0.4, 0.5) is 0 Å². The summed E-state index contributed by atoms with van der Waals surface area (Å²) < 4.78 is 0. The number of hydrogen-bond donors (Lipinski definition) is 1. The lowest BCUT2D eigenvalue weighted by molar-refractivity contribution is -0.0383. The summed E-state index contributed by atoms with van der Waals surface area (Å²) in [6.45, 7) is 0.997. The second-order valence-corrected chi connectivity index (χ2v) is 13.9. The monoisotopic (exact) mass is 514 g/mol. The Morgan fingerprint density at radius 3 is 1.83 bits per heavy atom. The van der Waals surface area contributed by atoms with Crippen LogP contribution >= 0.6 is 11.3 Å². The maximum absolute atomic E-state index is 11.6. The van der Waals surface area contributed by atoms with Gasteiger partial charge in [-0.3, -0.25) is 4.90 Å². The van der Waals surface area contributed by atoms with Crippen LogP contribution in [0.5, 0.6) is 0 Å². The van der Waals surface area contributed by atoms with Crippen molar-refractivity contribution < 1.29 is 5.11 Å². The van der Waals surface area contributed by atoms with Gasteiger partial charge in [0, 0.05) is 24.9 Å². The van der Waals surface area contributed by atoms with Gasteiger partial charge in [-0.05, 0) is 43.9 Å². The summed E-state index contributed by atoms with van der Waals surface area (Å²) in [6, 6.07) is 0.549. The average molecular weight is 515 g/mol. The van der Waals surface area contributed by atoms with E-state index in [1.807, 2.05) is 11.3 Å². The van der Waals surface area contributed by atoms with E-state index in [9.17, 15) is 5.11 Å². The molecule has 3 saturated carbocycles. The number of aliphatic hydroxyl groups excluding tert-OH is 1. The summed E-state index contributed by atoms with van der Waals surface area (Å²) >= 11 is 1.90.